The minimum atomic E-state index is 0.913. The van der Waals surface area contributed by atoms with Crippen LogP contribution in [0.25, 0.3) is 0 Å². The molecular weight excluding hydrogens is 285 g/mol. The Hall–Kier alpha value is -0.355. The van der Waals surface area contributed by atoms with Crippen molar-refractivity contribution in [2.75, 3.05) is 0 Å². The zero-order valence-corrected chi connectivity index (χ0v) is 9.55. The maximum absolute atomic E-state index is 3.98. The van der Waals surface area contributed by atoms with Crippen LogP contribution in [0.5, 0.6) is 0 Å². The molecule has 12 heavy (non-hydrogen) atoms. The van der Waals surface area contributed by atoms with Crippen LogP contribution >= 0.6 is 31.9 Å². The van der Waals surface area contributed by atoms with Gasteiger partial charge in [-0.25, -0.2) is 5.10 Å². The van der Waals surface area contributed by atoms with Crippen molar-refractivity contribution in [2.45, 2.75) is 0 Å². The van der Waals surface area contributed by atoms with Crippen LogP contribution in [0.4, 0.5) is 0 Å². The van der Waals surface area contributed by atoms with Gasteiger partial charge in [0.2, 0.25) is 7.98 Å². The Morgan fingerprint density at radius 2 is 2.00 bits per heavy atom. The summed E-state index contributed by atoms with van der Waals surface area (Å²) in [5.41, 5.74) is 0.972. The Kier molecular flexibility index (Phi) is 3.74. The summed E-state index contributed by atoms with van der Waals surface area (Å²) < 4.78 is 1.83. The molecule has 0 fully saturated rings. The van der Waals surface area contributed by atoms with Crippen molar-refractivity contribution < 1.29 is 0 Å². The molecule has 0 aliphatic heterocycles. The first kappa shape index (κ1) is 9.73. The van der Waals surface area contributed by atoms with Crippen LogP contribution in [0.1, 0.15) is 5.56 Å². The molecule has 0 atom stereocenters. The van der Waals surface area contributed by atoms with Crippen molar-refractivity contribution in [1.29, 1.82) is 0 Å². The van der Waals surface area contributed by atoms with Gasteiger partial charge in [0.15, 0.2) is 0 Å². The second-order valence-corrected chi connectivity index (χ2v) is 3.71. The monoisotopic (exact) mass is 289 g/mol. The van der Waals surface area contributed by atoms with E-state index in [1.165, 1.54) is 0 Å². The number of aromatic nitrogens is 1. The minimum Gasteiger partial charge on any atom is -0.362 e. The van der Waals surface area contributed by atoms with E-state index in [9.17, 15) is 0 Å². The van der Waals surface area contributed by atoms with Gasteiger partial charge in [0.25, 0.3) is 0 Å². The molecular formula is C6H6BBr2N3. The molecule has 1 aromatic rings. The van der Waals surface area contributed by atoms with E-state index in [0.29, 0.717) is 0 Å². The molecule has 0 aliphatic carbocycles. The van der Waals surface area contributed by atoms with Crippen molar-refractivity contribution in [3.05, 3.63) is 26.9 Å². The molecule has 0 unspecified atom stereocenters. The molecule has 0 saturated carbocycles. The maximum atomic E-state index is 3.98. The fraction of sp³-hybridized carbons (Fsp3) is 0. The van der Waals surface area contributed by atoms with E-state index in [1.807, 2.05) is 0 Å². The zero-order valence-electron chi connectivity index (χ0n) is 6.38. The number of halogens is 2. The van der Waals surface area contributed by atoms with Crippen LogP contribution in [0.15, 0.2) is 26.4 Å². The average molecular weight is 291 g/mol. The predicted octanol–water partition coefficient (Wildman–Crippen LogP) is 1.08. The van der Waals surface area contributed by atoms with Crippen LogP contribution in [0, 0.1) is 0 Å². The molecule has 0 radical (unpaired) electrons. The van der Waals surface area contributed by atoms with E-state index in [-0.39, 0.29) is 0 Å². The van der Waals surface area contributed by atoms with Gasteiger partial charge in [0.1, 0.15) is 0 Å². The van der Waals surface area contributed by atoms with Gasteiger partial charge in [-0.3, -0.25) is 4.98 Å². The quantitative estimate of drug-likeness (QED) is 0.503. The van der Waals surface area contributed by atoms with E-state index < -0.39 is 0 Å². The minimum absolute atomic E-state index is 0.913. The van der Waals surface area contributed by atoms with E-state index in [0.717, 1.165) is 14.5 Å². The highest BCUT2D eigenvalue weighted by molar-refractivity contribution is 9.11. The van der Waals surface area contributed by atoms with Crippen LogP contribution < -0.4 is 5.34 Å². The lowest BCUT2D eigenvalue weighted by Crippen LogP contribution is -1.98. The molecule has 1 N–H and O–H groups in total. The van der Waals surface area contributed by atoms with E-state index in [4.69, 9.17) is 0 Å². The molecule has 1 heterocycles. The third-order valence-electron chi connectivity index (χ3n) is 1.21. The molecule has 6 heteroatoms. The molecule has 0 amide bonds. The van der Waals surface area contributed by atoms with Gasteiger partial charge in [-0.2, -0.15) is 0 Å². The van der Waals surface area contributed by atoms with Gasteiger partial charge < -0.3 is 5.34 Å². The lowest BCUT2D eigenvalue weighted by atomic mass is 10.3. The van der Waals surface area contributed by atoms with Crippen LogP contribution in [-0.2, 0) is 0 Å². The zero-order chi connectivity index (χ0) is 8.97. The second kappa shape index (κ2) is 4.62. The summed E-state index contributed by atoms with van der Waals surface area (Å²) in [5.74, 6) is 0. The van der Waals surface area contributed by atoms with Gasteiger partial charge in [-0.15, -0.1) is 0 Å². The van der Waals surface area contributed by atoms with E-state index in [2.05, 4.69) is 47.3 Å². The van der Waals surface area contributed by atoms with Crippen molar-refractivity contribution in [2.24, 2.45) is 5.10 Å². The Labute approximate surface area is 88.3 Å². The molecule has 3 nitrogen and oxygen atoms in total. The molecule has 0 spiro atoms. The fourth-order valence-corrected chi connectivity index (χ4v) is 1.81. The topological polar surface area (TPSA) is 37.3 Å². The van der Waals surface area contributed by atoms with Crippen molar-refractivity contribution in [1.82, 2.24) is 10.3 Å². The molecule has 62 valence electrons. The summed E-state index contributed by atoms with van der Waals surface area (Å²) >= 11 is 6.73. The summed E-state index contributed by atoms with van der Waals surface area (Å²) in [4.78, 5) is 3.98. The number of hydrogen-bond acceptors (Lipinski definition) is 3. The maximum Gasteiger partial charge on any atom is 0.237 e. The van der Waals surface area contributed by atoms with Gasteiger partial charge >= 0.3 is 0 Å². The lowest BCUT2D eigenvalue weighted by molar-refractivity contribution is 1.10. The highest BCUT2D eigenvalue weighted by Crippen LogP contribution is 2.21. The largest absolute Gasteiger partial charge is 0.362 e. The van der Waals surface area contributed by atoms with Gasteiger partial charge in [-0.1, -0.05) is 0 Å². The average Bonchev–Trinajstić information content (AvgIpc) is 2.04. The highest BCUT2D eigenvalue weighted by Gasteiger charge is 2.01. The molecule has 0 bridgehead atoms. The Balaban J connectivity index is 3.04. The van der Waals surface area contributed by atoms with Crippen LogP contribution in [0.2, 0.25) is 0 Å². The first-order valence-electron chi connectivity index (χ1n) is 3.24. The number of pyridine rings is 1. The molecule has 1 aromatic heterocycles. The normalized spacial score (nSPS) is 10.5. The SMILES string of the molecule is BNN=Cc1c(Br)cncc1Br. The van der Waals surface area contributed by atoms with E-state index >= 15 is 0 Å². The first-order valence-corrected chi connectivity index (χ1v) is 4.83. The Morgan fingerprint density at radius 1 is 1.42 bits per heavy atom. The highest BCUT2D eigenvalue weighted by atomic mass is 79.9. The summed E-state index contributed by atoms with van der Waals surface area (Å²) in [7, 11) is 1.75. The smallest absolute Gasteiger partial charge is 0.237 e. The third kappa shape index (κ3) is 2.32. The van der Waals surface area contributed by atoms with Gasteiger partial charge in [-0.05, 0) is 31.9 Å². The summed E-state index contributed by atoms with van der Waals surface area (Å²) in [5, 5.41) is 6.58. The standard InChI is InChI=1S/C6H6BBr2N3/c7-12-11-1-4-5(8)2-10-3-6(4)9/h1-3,12H,7H2. The molecule has 0 aliphatic rings. The number of hydrazone groups is 1. The van der Waals surface area contributed by atoms with Crippen molar-refractivity contribution >= 4 is 46.1 Å². The van der Waals surface area contributed by atoms with Crippen LogP contribution in [0.3, 0.4) is 0 Å². The fourth-order valence-electron chi connectivity index (χ4n) is 0.674. The first-order chi connectivity index (χ1) is 5.75. The van der Waals surface area contributed by atoms with E-state index in [1.54, 1.807) is 26.6 Å². The lowest BCUT2D eigenvalue weighted by Gasteiger charge is -1.99. The second-order valence-electron chi connectivity index (χ2n) is 2.00. The summed E-state index contributed by atoms with van der Waals surface area (Å²) in [6.07, 6.45) is 5.17. The predicted molar refractivity (Wildman–Crippen MR) is 58.9 cm³/mol. The summed E-state index contributed by atoms with van der Waals surface area (Å²) in [6, 6.07) is 0. The Bertz CT molecular complexity index is 283. The number of rotatable bonds is 2. The van der Waals surface area contributed by atoms with Crippen molar-refractivity contribution in [3.8, 4) is 0 Å². The molecule has 1 rings (SSSR count). The summed E-state index contributed by atoms with van der Waals surface area (Å²) in [6.45, 7) is 0. The van der Waals surface area contributed by atoms with Crippen molar-refractivity contribution in [3.63, 3.8) is 0 Å². The third-order valence-corrected chi connectivity index (χ3v) is 2.48. The Morgan fingerprint density at radius 3 is 2.50 bits per heavy atom. The number of hydrogen-bond donors (Lipinski definition) is 1. The molecule has 0 aromatic carbocycles. The van der Waals surface area contributed by atoms with Gasteiger partial charge in [0.05, 0.1) is 6.21 Å². The number of nitrogens with zero attached hydrogens (tertiary/aromatic N) is 2. The van der Waals surface area contributed by atoms with Crippen LogP contribution in [-0.4, -0.2) is 19.2 Å². The number of nitrogens with one attached hydrogen (secondary N) is 1. The van der Waals surface area contributed by atoms with Gasteiger partial charge in [0, 0.05) is 26.9 Å². The molecule has 0 saturated heterocycles.